The van der Waals surface area contributed by atoms with Crippen molar-refractivity contribution in [2.75, 3.05) is 0 Å². The van der Waals surface area contributed by atoms with Crippen LogP contribution in [0, 0.1) is 5.82 Å². The Hall–Kier alpha value is -1.42. The maximum Gasteiger partial charge on any atom is 0.241 e. The predicted octanol–water partition coefficient (Wildman–Crippen LogP) is 3.81. The molecule has 1 aliphatic carbocycles. The lowest BCUT2D eigenvalue weighted by Crippen LogP contribution is -2.25. The van der Waals surface area contributed by atoms with Gasteiger partial charge in [-0.15, -0.1) is 11.6 Å². The van der Waals surface area contributed by atoms with Gasteiger partial charge in [-0.3, -0.25) is 0 Å². The summed E-state index contributed by atoms with van der Waals surface area (Å²) in [4.78, 5) is 4.38. The Morgan fingerprint density at radius 3 is 2.47 bits per heavy atom. The molecule has 3 nitrogen and oxygen atoms in total. The summed E-state index contributed by atoms with van der Waals surface area (Å²) < 4.78 is 18.2. The van der Waals surface area contributed by atoms with Crippen molar-refractivity contribution in [1.29, 1.82) is 0 Å². The minimum atomic E-state index is -0.249. The standard InChI is InChI=1S/C14H14ClFN2O/c15-9-12-17-13(18-19-12)14(7-1-2-8-14)10-3-5-11(16)6-4-10/h3-6H,1-2,7-9H2. The Balaban J connectivity index is 2.05. The molecule has 1 aromatic carbocycles. The highest BCUT2D eigenvalue weighted by atomic mass is 35.5. The highest BCUT2D eigenvalue weighted by Crippen LogP contribution is 2.45. The first kappa shape index (κ1) is 12.6. The quantitative estimate of drug-likeness (QED) is 0.803. The van der Waals surface area contributed by atoms with Crippen LogP contribution in [0.15, 0.2) is 28.8 Å². The van der Waals surface area contributed by atoms with Gasteiger partial charge in [-0.2, -0.15) is 4.98 Å². The van der Waals surface area contributed by atoms with Gasteiger partial charge in [0.05, 0.1) is 5.41 Å². The lowest BCUT2D eigenvalue weighted by Gasteiger charge is -2.25. The second-order valence-corrected chi connectivity index (χ2v) is 5.21. The lowest BCUT2D eigenvalue weighted by atomic mass is 9.78. The number of benzene rings is 1. The number of aromatic nitrogens is 2. The van der Waals surface area contributed by atoms with Gasteiger partial charge in [-0.25, -0.2) is 4.39 Å². The van der Waals surface area contributed by atoms with Gasteiger partial charge in [0, 0.05) is 0 Å². The van der Waals surface area contributed by atoms with Crippen molar-refractivity contribution in [1.82, 2.24) is 10.1 Å². The van der Waals surface area contributed by atoms with Gasteiger partial charge < -0.3 is 4.52 Å². The van der Waals surface area contributed by atoms with E-state index in [4.69, 9.17) is 16.1 Å². The Morgan fingerprint density at radius 2 is 1.89 bits per heavy atom. The first-order valence-corrected chi connectivity index (χ1v) is 6.93. The summed E-state index contributed by atoms with van der Waals surface area (Å²) in [5.74, 6) is 1.09. The molecule has 19 heavy (non-hydrogen) atoms. The minimum absolute atomic E-state index is 0.215. The maximum atomic E-state index is 13.1. The smallest absolute Gasteiger partial charge is 0.241 e. The molecule has 0 radical (unpaired) electrons. The number of rotatable bonds is 3. The van der Waals surface area contributed by atoms with Crippen molar-refractivity contribution in [2.24, 2.45) is 0 Å². The lowest BCUT2D eigenvalue weighted by molar-refractivity contribution is 0.368. The van der Waals surface area contributed by atoms with Gasteiger partial charge >= 0.3 is 0 Å². The molecule has 1 aromatic heterocycles. The van der Waals surface area contributed by atoms with Crippen molar-refractivity contribution in [3.05, 3.63) is 47.4 Å². The van der Waals surface area contributed by atoms with Gasteiger partial charge in [0.2, 0.25) is 5.89 Å². The van der Waals surface area contributed by atoms with Crippen LogP contribution in [0.5, 0.6) is 0 Å². The van der Waals surface area contributed by atoms with Crippen LogP contribution in [-0.4, -0.2) is 10.1 Å². The number of hydrogen-bond acceptors (Lipinski definition) is 3. The van der Waals surface area contributed by atoms with Gasteiger partial charge in [0.25, 0.3) is 0 Å². The Kier molecular flexibility index (Phi) is 3.27. The van der Waals surface area contributed by atoms with E-state index in [2.05, 4.69) is 10.1 Å². The summed E-state index contributed by atoms with van der Waals surface area (Å²) in [7, 11) is 0. The summed E-state index contributed by atoms with van der Waals surface area (Å²) >= 11 is 5.71. The molecule has 0 spiro atoms. The van der Waals surface area contributed by atoms with E-state index >= 15 is 0 Å². The molecule has 3 rings (SSSR count). The average Bonchev–Trinajstić information content (AvgIpc) is 3.09. The Morgan fingerprint density at radius 1 is 1.21 bits per heavy atom. The molecule has 0 aliphatic heterocycles. The topological polar surface area (TPSA) is 38.9 Å². The second kappa shape index (κ2) is 4.93. The maximum absolute atomic E-state index is 13.1. The van der Waals surface area contributed by atoms with E-state index in [1.165, 1.54) is 12.1 Å². The molecule has 0 N–H and O–H groups in total. The van der Waals surface area contributed by atoms with E-state index in [0.717, 1.165) is 31.2 Å². The highest BCUT2D eigenvalue weighted by molar-refractivity contribution is 6.16. The summed E-state index contributed by atoms with van der Waals surface area (Å²) in [5, 5.41) is 4.08. The number of halogens is 2. The fraction of sp³-hybridized carbons (Fsp3) is 0.429. The normalized spacial score (nSPS) is 17.8. The van der Waals surface area contributed by atoms with Gasteiger partial charge in [0.1, 0.15) is 11.7 Å². The largest absolute Gasteiger partial charge is 0.338 e. The number of nitrogens with zero attached hydrogens (tertiary/aromatic N) is 2. The van der Waals surface area contributed by atoms with Gasteiger partial charge in [0.15, 0.2) is 5.82 Å². The molecular formula is C14H14ClFN2O. The van der Waals surface area contributed by atoms with Crippen molar-refractivity contribution >= 4 is 11.6 Å². The van der Waals surface area contributed by atoms with Crippen molar-refractivity contribution in [2.45, 2.75) is 37.0 Å². The first-order chi connectivity index (χ1) is 9.24. The van der Waals surface area contributed by atoms with E-state index < -0.39 is 0 Å². The fourth-order valence-corrected chi connectivity index (χ4v) is 3.00. The molecule has 1 heterocycles. The molecule has 0 saturated heterocycles. The predicted molar refractivity (Wildman–Crippen MR) is 69.5 cm³/mol. The fourth-order valence-electron chi connectivity index (χ4n) is 2.89. The zero-order chi connectivity index (χ0) is 13.3. The van der Waals surface area contributed by atoms with E-state index in [0.29, 0.717) is 11.7 Å². The first-order valence-electron chi connectivity index (χ1n) is 6.40. The van der Waals surface area contributed by atoms with Crippen LogP contribution in [0.4, 0.5) is 4.39 Å². The van der Waals surface area contributed by atoms with Gasteiger partial charge in [-0.1, -0.05) is 30.1 Å². The SMILES string of the molecule is Fc1ccc(C2(c3noc(CCl)n3)CCCC2)cc1. The monoisotopic (exact) mass is 280 g/mol. The zero-order valence-corrected chi connectivity index (χ0v) is 11.2. The third-order valence-electron chi connectivity index (χ3n) is 3.86. The molecule has 1 aliphatic rings. The molecular weight excluding hydrogens is 267 g/mol. The van der Waals surface area contributed by atoms with Crippen LogP contribution in [0.3, 0.4) is 0 Å². The Bertz CT molecular complexity index is 561. The number of alkyl halides is 1. The van der Waals surface area contributed by atoms with E-state index in [1.54, 1.807) is 0 Å². The van der Waals surface area contributed by atoms with Crippen LogP contribution in [0.1, 0.15) is 43.0 Å². The van der Waals surface area contributed by atoms with Crippen LogP contribution < -0.4 is 0 Å². The summed E-state index contributed by atoms with van der Waals surface area (Å²) in [6.45, 7) is 0. The second-order valence-electron chi connectivity index (χ2n) is 4.94. The zero-order valence-electron chi connectivity index (χ0n) is 10.4. The highest BCUT2D eigenvalue weighted by Gasteiger charge is 2.41. The van der Waals surface area contributed by atoms with Crippen molar-refractivity contribution < 1.29 is 8.91 Å². The molecule has 0 unspecified atom stereocenters. The number of hydrogen-bond donors (Lipinski definition) is 0. The molecule has 2 aromatic rings. The van der Waals surface area contributed by atoms with E-state index in [1.807, 2.05) is 12.1 Å². The summed E-state index contributed by atoms with van der Waals surface area (Å²) in [6, 6.07) is 6.60. The van der Waals surface area contributed by atoms with Crippen molar-refractivity contribution in [3.63, 3.8) is 0 Å². The molecule has 0 bridgehead atoms. The Labute approximate surface area is 115 Å². The van der Waals surface area contributed by atoms with Crippen LogP contribution in [-0.2, 0) is 11.3 Å². The van der Waals surface area contributed by atoms with Crippen molar-refractivity contribution in [3.8, 4) is 0 Å². The van der Waals surface area contributed by atoms with Crippen LogP contribution in [0.25, 0.3) is 0 Å². The van der Waals surface area contributed by atoms with E-state index in [9.17, 15) is 4.39 Å². The molecule has 0 amide bonds. The minimum Gasteiger partial charge on any atom is -0.338 e. The molecule has 1 saturated carbocycles. The third-order valence-corrected chi connectivity index (χ3v) is 4.09. The average molecular weight is 281 g/mol. The van der Waals surface area contributed by atoms with E-state index in [-0.39, 0.29) is 17.1 Å². The van der Waals surface area contributed by atoms with Crippen LogP contribution in [0.2, 0.25) is 0 Å². The van der Waals surface area contributed by atoms with Gasteiger partial charge in [-0.05, 0) is 30.5 Å². The molecule has 5 heteroatoms. The third kappa shape index (κ3) is 2.14. The van der Waals surface area contributed by atoms with Crippen LogP contribution >= 0.6 is 11.6 Å². The summed E-state index contributed by atoms with van der Waals surface area (Å²) in [5.41, 5.74) is 0.801. The molecule has 1 fully saturated rings. The molecule has 0 atom stereocenters. The molecule has 100 valence electrons. The summed E-state index contributed by atoms with van der Waals surface area (Å²) in [6.07, 6.45) is 4.14.